The van der Waals surface area contributed by atoms with Gasteiger partial charge in [-0.1, -0.05) is 26.0 Å². The number of nitrogens with two attached hydrogens (primary N) is 4. The number of aromatic nitrogens is 2. The minimum absolute atomic E-state index is 0.0396. The maximum absolute atomic E-state index is 14.5. The van der Waals surface area contributed by atoms with E-state index in [0.717, 1.165) is 13.8 Å². The summed E-state index contributed by atoms with van der Waals surface area (Å²) in [4.78, 5) is 146. The van der Waals surface area contributed by atoms with Crippen LogP contribution in [0.2, 0.25) is 0 Å². The van der Waals surface area contributed by atoms with Gasteiger partial charge >= 0.3 is 5.97 Å². The molecule has 1 saturated heterocycles. The summed E-state index contributed by atoms with van der Waals surface area (Å²) in [6, 6.07) is -7.91. The normalized spacial score (nSPS) is 17.1. The fraction of sp³-hybridized carbons (Fsp3) is 0.574. The third kappa shape index (κ3) is 20.3. The van der Waals surface area contributed by atoms with E-state index in [9.17, 15) is 73.5 Å². The number of nitrogens with one attached hydrogen (secondary N) is 8. The number of hydrogen-bond acceptors (Lipinski definition) is 17. The molecule has 0 bridgehead atoms. The zero-order valence-electron chi connectivity index (χ0n) is 43.1. The third-order valence-corrected chi connectivity index (χ3v) is 12.2. The van der Waals surface area contributed by atoms with Crippen LogP contribution in [0.25, 0.3) is 0 Å². The van der Waals surface area contributed by atoms with Crippen molar-refractivity contribution in [3.63, 3.8) is 0 Å². The molecule has 2 aromatic rings. The first-order valence-electron chi connectivity index (χ1n) is 24.7. The van der Waals surface area contributed by atoms with Crippen molar-refractivity contribution in [2.75, 3.05) is 19.7 Å². The molecule has 3 rings (SSSR count). The van der Waals surface area contributed by atoms with E-state index < -0.39 is 145 Å². The number of rotatable bonds is 31. The Morgan fingerprint density at radius 2 is 1.27 bits per heavy atom. The van der Waals surface area contributed by atoms with Gasteiger partial charge in [-0.2, -0.15) is 0 Å². The van der Waals surface area contributed by atoms with Crippen LogP contribution in [0.3, 0.4) is 0 Å². The molecule has 0 radical (unpaired) electrons. The number of aliphatic carboxylic acids is 1. The minimum Gasteiger partial charge on any atom is -0.508 e. The van der Waals surface area contributed by atoms with Crippen molar-refractivity contribution in [2.45, 2.75) is 146 Å². The number of carboxylic acid groups (broad SMARTS) is 1. The fourth-order valence-corrected chi connectivity index (χ4v) is 7.94. The summed E-state index contributed by atoms with van der Waals surface area (Å²) in [7, 11) is 0. The molecule has 0 saturated carbocycles. The Balaban J connectivity index is 1.91. The molecule has 1 aromatic carbocycles. The van der Waals surface area contributed by atoms with Crippen molar-refractivity contribution in [1.82, 2.24) is 52.1 Å². The molecule has 11 atom stereocenters. The van der Waals surface area contributed by atoms with Gasteiger partial charge in [0.2, 0.25) is 53.2 Å². The lowest BCUT2D eigenvalue weighted by atomic mass is 10.00. The molecule has 1 fully saturated rings. The summed E-state index contributed by atoms with van der Waals surface area (Å²) in [6.45, 7) is 4.73. The molecule has 9 amide bonds. The van der Waals surface area contributed by atoms with Crippen LogP contribution < -0.4 is 60.2 Å². The van der Waals surface area contributed by atoms with Crippen molar-refractivity contribution >= 4 is 65.1 Å². The molecule has 21 N–H and O–H groups in total. The number of carbonyl (C=O) groups excluding carboxylic acids is 9. The lowest BCUT2D eigenvalue weighted by Crippen LogP contribution is -2.62. The summed E-state index contributed by atoms with van der Waals surface area (Å²) in [5.74, 6) is -10.9. The Kier molecular flexibility index (Phi) is 25.1. The van der Waals surface area contributed by atoms with Gasteiger partial charge < -0.3 is 95.6 Å². The number of nitrogens with zero attached hydrogens (tertiary/aromatic N) is 3. The monoisotopic (exact) mass is 1090 g/mol. The first-order chi connectivity index (χ1) is 36.2. The molecular weight excluding hydrogens is 1010 g/mol. The SMILES string of the molecule is CC(C)[C@H](NC(=O)[C@H](Cc1cnc[nH]1)NC(=O)[C@H](CCCN=C(N)N)NC(=O)[C@@H](NC(=O)[C@H](CCC(N)=O)NC(=O)[C@@H](N)CO)[C@@H](C)O)C(=O)N1CCC[C@H]1C(=O)N[C@@H](Cc1ccc(O)cc1)C(=O)N[C@H](C(=O)O)[C@@H](C)O. The summed E-state index contributed by atoms with van der Waals surface area (Å²) in [5.41, 5.74) is 22.6. The predicted molar refractivity (Wildman–Crippen MR) is 272 cm³/mol. The van der Waals surface area contributed by atoms with Crippen LogP contribution in [0.15, 0.2) is 41.8 Å². The molecule has 30 nitrogen and oxygen atoms in total. The number of guanidine groups is 1. The van der Waals surface area contributed by atoms with Crippen molar-refractivity contribution in [3.05, 3.63) is 48.0 Å². The summed E-state index contributed by atoms with van der Waals surface area (Å²) >= 11 is 0. The molecule has 30 heteroatoms. The number of hydrogen-bond donors (Lipinski definition) is 17. The van der Waals surface area contributed by atoms with E-state index in [1.807, 2.05) is 0 Å². The minimum atomic E-state index is -1.81. The van der Waals surface area contributed by atoms with E-state index in [-0.39, 0.29) is 63.3 Å². The number of primary amides is 1. The number of benzene rings is 1. The van der Waals surface area contributed by atoms with Crippen LogP contribution in [-0.4, -0.2) is 192 Å². The van der Waals surface area contributed by atoms with Crippen LogP contribution in [0.5, 0.6) is 5.75 Å². The number of carbonyl (C=O) groups is 10. The van der Waals surface area contributed by atoms with Crippen LogP contribution >= 0.6 is 0 Å². The number of aromatic amines is 1. The van der Waals surface area contributed by atoms with Gasteiger partial charge in [-0.15, -0.1) is 0 Å². The van der Waals surface area contributed by atoms with E-state index in [4.69, 9.17) is 22.9 Å². The number of aromatic hydroxyl groups is 1. The van der Waals surface area contributed by atoms with E-state index >= 15 is 0 Å². The molecule has 0 aliphatic carbocycles. The number of likely N-dealkylation sites (tertiary alicyclic amines) is 1. The molecule has 77 heavy (non-hydrogen) atoms. The quantitative estimate of drug-likeness (QED) is 0.0190. The lowest BCUT2D eigenvalue weighted by Gasteiger charge is -2.32. The molecule has 426 valence electrons. The van der Waals surface area contributed by atoms with Crippen molar-refractivity contribution in [3.8, 4) is 5.75 Å². The van der Waals surface area contributed by atoms with Gasteiger partial charge in [0.15, 0.2) is 12.0 Å². The zero-order valence-corrected chi connectivity index (χ0v) is 43.1. The van der Waals surface area contributed by atoms with Crippen molar-refractivity contribution in [2.24, 2.45) is 33.8 Å². The van der Waals surface area contributed by atoms with Crippen LogP contribution in [0.4, 0.5) is 0 Å². The number of carboxylic acids is 1. The van der Waals surface area contributed by atoms with Crippen LogP contribution in [-0.2, 0) is 60.8 Å². The van der Waals surface area contributed by atoms with Crippen molar-refractivity contribution < 1.29 is 73.5 Å². The maximum Gasteiger partial charge on any atom is 0.328 e. The van der Waals surface area contributed by atoms with Gasteiger partial charge in [-0.25, -0.2) is 9.78 Å². The molecule has 1 aliphatic rings. The number of aliphatic hydroxyl groups is 3. The molecule has 0 spiro atoms. The number of phenols is 1. The van der Waals surface area contributed by atoms with Gasteiger partial charge in [0.1, 0.15) is 54.1 Å². The van der Waals surface area contributed by atoms with Gasteiger partial charge in [-0.3, -0.25) is 48.1 Å². The maximum atomic E-state index is 14.5. The van der Waals surface area contributed by atoms with Gasteiger partial charge in [0, 0.05) is 44.2 Å². The Morgan fingerprint density at radius 1 is 0.727 bits per heavy atom. The highest BCUT2D eigenvalue weighted by Gasteiger charge is 2.42. The first-order valence-corrected chi connectivity index (χ1v) is 24.7. The lowest BCUT2D eigenvalue weighted by molar-refractivity contribution is -0.146. The second kappa shape index (κ2) is 30.6. The molecular formula is C47H73N15O15. The predicted octanol–water partition coefficient (Wildman–Crippen LogP) is -6.57. The van der Waals surface area contributed by atoms with E-state index in [1.54, 1.807) is 13.8 Å². The van der Waals surface area contributed by atoms with Crippen molar-refractivity contribution in [1.29, 1.82) is 0 Å². The van der Waals surface area contributed by atoms with Gasteiger partial charge in [0.25, 0.3) is 0 Å². The standard InChI is InChI=1S/C47H73N15O15/c1-22(2)35(45(75)62-16-6-8-33(62)43(73)58-31(17-25-9-11-27(66)12-10-25)41(71)61-37(24(4)65)46(76)77)59-42(72)32(18-26-19-52-21-54-26)57-39(69)29(7-5-15-53-47(50)51)56-44(74)36(23(3)64)60-40(70)30(13-14-34(49)67)55-38(68)28(48)20-63/h9-12,19,21-24,28-33,35-37,63-66H,5-8,13-18,20,48H2,1-4H3,(H2,49,67)(H,52,54)(H,55,68)(H,56,74)(H,57,69)(H,58,73)(H,59,72)(H,60,70)(H,61,71)(H,76,77)(H4,50,51,53)/t23-,24-,28+,29+,30+,31+,32+,33+,35+,36+,37+/m1/s1. The Morgan fingerprint density at radius 3 is 1.82 bits per heavy atom. The second-order valence-electron chi connectivity index (χ2n) is 18.9. The van der Waals surface area contributed by atoms with E-state index in [2.05, 4.69) is 52.2 Å². The highest BCUT2D eigenvalue weighted by Crippen LogP contribution is 2.22. The molecule has 0 unspecified atom stereocenters. The summed E-state index contributed by atoms with van der Waals surface area (Å²) in [5, 5.41) is 66.6. The summed E-state index contributed by atoms with van der Waals surface area (Å²) in [6.07, 6.45) is -1.45. The van der Waals surface area contributed by atoms with E-state index in [1.165, 1.54) is 41.7 Å². The largest absolute Gasteiger partial charge is 0.508 e. The highest BCUT2D eigenvalue weighted by atomic mass is 16.4. The molecule has 2 heterocycles. The molecule has 1 aromatic heterocycles. The Labute approximate surface area is 442 Å². The third-order valence-electron chi connectivity index (χ3n) is 12.2. The van der Waals surface area contributed by atoms with E-state index in [0.29, 0.717) is 17.7 Å². The number of phenolic OH excluding ortho intramolecular Hbond substituents is 1. The van der Waals surface area contributed by atoms with Crippen LogP contribution in [0.1, 0.15) is 77.5 Å². The summed E-state index contributed by atoms with van der Waals surface area (Å²) < 4.78 is 0. The van der Waals surface area contributed by atoms with Gasteiger partial charge in [-0.05, 0) is 69.6 Å². The second-order valence-corrected chi connectivity index (χ2v) is 18.9. The number of aliphatic hydroxyl groups excluding tert-OH is 3. The smallest absolute Gasteiger partial charge is 0.328 e. The number of amides is 9. The average molecular weight is 1090 g/mol. The topological polar surface area (TPSA) is 504 Å². The average Bonchev–Trinajstić information content (AvgIpc) is 4.08. The number of aliphatic imine (C=N–C) groups is 1. The molecule has 1 aliphatic heterocycles. The zero-order chi connectivity index (χ0) is 57.7. The van der Waals surface area contributed by atoms with Gasteiger partial charge in [0.05, 0.1) is 25.1 Å². The number of H-pyrrole nitrogens is 1. The first kappa shape index (κ1) is 63.3. The highest BCUT2D eigenvalue weighted by molar-refractivity contribution is 5.98. The Hall–Kier alpha value is -7.96. The fourth-order valence-electron chi connectivity index (χ4n) is 7.94. The Bertz CT molecular complexity index is 2380. The van der Waals surface area contributed by atoms with Crippen LogP contribution in [0, 0.1) is 5.92 Å². The number of imidazole rings is 1.